The molecule has 43 heavy (non-hydrogen) atoms. The topological polar surface area (TPSA) is 134 Å². The van der Waals surface area contributed by atoms with Gasteiger partial charge in [0.1, 0.15) is 22.1 Å². The van der Waals surface area contributed by atoms with Gasteiger partial charge >= 0.3 is 0 Å². The minimum Gasteiger partial charge on any atom is -0.489 e. The summed E-state index contributed by atoms with van der Waals surface area (Å²) in [7, 11) is -10.2. The molecular formula is C33H25NO7S2. The van der Waals surface area contributed by atoms with Crippen LogP contribution in [-0.2, 0) is 20.2 Å². The molecule has 216 valence electrons. The zero-order chi connectivity index (χ0) is 30.2. The Balaban J connectivity index is 0.000000277. The van der Waals surface area contributed by atoms with E-state index in [2.05, 4.69) is 11.1 Å². The maximum Gasteiger partial charge on any atom is 0.298 e. The van der Waals surface area contributed by atoms with E-state index < -0.39 is 30.0 Å². The Morgan fingerprint density at radius 2 is 1.19 bits per heavy atom. The standard InChI is InChI=1S/C24H17NO6S2.C9H8O/c26-32(27,28)23-20(16-11-5-2-6-12-16)19(15-9-3-1-4-10-15)21-17-13-7-8-14-18(17)25-22(21)24(23)33(29,30)31;1-2-6-9-8(4-1)5-3-7-10-9/h1-14,25H,(H,26,27,28)(H,29,30,31);1-6H,7H2. The van der Waals surface area contributed by atoms with Crippen LogP contribution in [0, 0.1) is 0 Å². The average molecular weight is 612 g/mol. The molecule has 8 nitrogen and oxygen atoms in total. The summed E-state index contributed by atoms with van der Waals surface area (Å²) >= 11 is 0. The van der Waals surface area contributed by atoms with Crippen molar-refractivity contribution in [3.8, 4) is 28.0 Å². The van der Waals surface area contributed by atoms with Gasteiger partial charge in [-0.3, -0.25) is 9.11 Å². The second-order valence-electron chi connectivity index (χ2n) is 9.76. The molecule has 0 fully saturated rings. The Hall–Kier alpha value is -4.74. The number of ether oxygens (including phenoxy) is 1. The predicted octanol–water partition coefficient (Wildman–Crippen LogP) is 7.24. The molecule has 0 spiro atoms. The number of para-hydroxylation sites is 2. The molecule has 0 unspecified atom stereocenters. The van der Waals surface area contributed by atoms with Gasteiger partial charge < -0.3 is 9.72 Å². The smallest absolute Gasteiger partial charge is 0.298 e. The fourth-order valence-electron chi connectivity index (χ4n) is 5.37. The molecule has 0 atom stereocenters. The molecule has 0 saturated heterocycles. The van der Waals surface area contributed by atoms with Crippen molar-refractivity contribution in [2.24, 2.45) is 0 Å². The van der Waals surface area contributed by atoms with Crippen molar-refractivity contribution in [1.29, 1.82) is 0 Å². The highest BCUT2D eigenvalue weighted by Crippen LogP contribution is 2.48. The summed E-state index contributed by atoms with van der Waals surface area (Å²) in [4.78, 5) is 1.17. The first-order valence-electron chi connectivity index (χ1n) is 13.2. The van der Waals surface area contributed by atoms with Crippen LogP contribution in [0.2, 0.25) is 0 Å². The van der Waals surface area contributed by atoms with E-state index in [1.54, 1.807) is 84.9 Å². The van der Waals surface area contributed by atoms with Crippen LogP contribution < -0.4 is 4.74 Å². The number of hydrogen-bond acceptors (Lipinski definition) is 5. The van der Waals surface area contributed by atoms with Crippen LogP contribution in [0.5, 0.6) is 5.75 Å². The van der Waals surface area contributed by atoms with E-state index in [1.165, 1.54) is 5.56 Å². The van der Waals surface area contributed by atoms with Crippen LogP contribution in [0.1, 0.15) is 5.56 Å². The van der Waals surface area contributed by atoms with Crippen LogP contribution in [0.4, 0.5) is 0 Å². The number of nitrogens with one attached hydrogen (secondary N) is 1. The predicted molar refractivity (Wildman–Crippen MR) is 167 cm³/mol. The lowest BCUT2D eigenvalue weighted by Gasteiger charge is -2.19. The molecule has 1 aromatic heterocycles. The van der Waals surface area contributed by atoms with Crippen LogP contribution >= 0.6 is 0 Å². The fraction of sp³-hybridized carbons (Fsp3) is 0.0303. The van der Waals surface area contributed by atoms with Crippen molar-refractivity contribution >= 4 is 48.1 Å². The fourth-order valence-corrected chi connectivity index (χ4v) is 7.56. The van der Waals surface area contributed by atoms with Gasteiger partial charge in [-0.05, 0) is 29.3 Å². The molecule has 0 aliphatic carbocycles. The quantitative estimate of drug-likeness (QED) is 0.179. The normalized spacial score (nSPS) is 12.8. The highest BCUT2D eigenvalue weighted by molar-refractivity contribution is 7.89. The van der Waals surface area contributed by atoms with E-state index in [0.717, 1.165) is 5.75 Å². The average Bonchev–Trinajstić information content (AvgIpc) is 3.39. The lowest BCUT2D eigenvalue weighted by atomic mass is 9.90. The van der Waals surface area contributed by atoms with Crippen molar-refractivity contribution in [3.63, 3.8) is 0 Å². The minimum absolute atomic E-state index is 0.0193. The summed E-state index contributed by atoms with van der Waals surface area (Å²) in [6, 6.07) is 32.2. The lowest BCUT2D eigenvalue weighted by molar-refractivity contribution is 0.358. The zero-order valence-corrected chi connectivity index (χ0v) is 24.1. The zero-order valence-electron chi connectivity index (χ0n) is 22.5. The van der Waals surface area contributed by atoms with E-state index in [0.29, 0.717) is 39.6 Å². The first-order valence-corrected chi connectivity index (χ1v) is 16.1. The number of benzene rings is 5. The molecule has 10 heteroatoms. The maximum absolute atomic E-state index is 12.7. The Kier molecular flexibility index (Phi) is 7.37. The lowest BCUT2D eigenvalue weighted by Crippen LogP contribution is -2.12. The maximum atomic E-state index is 12.7. The van der Waals surface area contributed by atoms with E-state index in [1.807, 2.05) is 30.3 Å². The first kappa shape index (κ1) is 28.4. The summed E-state index contributed by atoms with van der Waals surface area (Å²) in [6.07, 6.45) is 4.10. The van der Waals surface area contributed by atoms with E-state index in [-0.39, 0.29) is 11.1 Å². The number of fused-ring (bicyclic) bond motifs is 4. The number of rotatable bonds is 4. The second-order valence-corrected chi connectivity index (χ2v) is 12.5. The molecule has 7 rings (SSSR count). The SMILES string of the molecule is C1=Cc2ccccc2OC1.O=S(=O)(O)c1c(-c2ccccc2)c(-c2ccccc2)c2c([nH]c3ccccc32)c1S(=O)(=O)O. The molecule has 0 saturated carbocycles. The number of H-pyrrole nitrogens is 1. The van der Waals surface area contributed by atoms with E-state index in [9.17, 15) is 25.9 Å². The molecule has 0 radical (unpaired) electrons. The molecular weight excluding hydrogens is 586 g/mol. The van der Waals surface area contributed by atoms with Gasteiger partial charge in [0.25, 0.3) is 20.2 Å². The minimum atomic E-state index is -5.11. The van der Waals surface area contributed by atoms with Gasteiger partial charge in [0.05, 0.1) is 5.52 Å². The Morgan fingerprint density at radius 3 is 1.81 bits per heavy atom. The third-order valence-corrected chi connectivity index (χ3v) is 9.04. The van der Waals surface area contributed by atoms with Crippen molar-refractivity contribution in [3.05, 3.63) is 121 Å². The third kappa shape index (κ3) is 5.44. The third-order valence-electron chi connectivity index (χ3n) is 7.06. The van der Waals surface area contributed by atoms with Crippen molar-refractivity contribution in [2.75, 3.05) is 6.61 Å². The van der Waals surface area contributed by atoms with Crippen LogP contribution in [0.25, 0.3) is 50.1 Å². The van der Waals surface area contributed by atoms with Gasteiger partial charge in [-0.2, -0.15) is 16.8 Å². The summed E-state index contributed by atoms with van der Waals surface area (Å²) in [5, 5.41) is 1.05. The number of aromatic nitrogens is 1. The summed E-state index contributed by atoms with van der Waals surface area (Å²) in [5.41, 5.74) is 2.97. The van der Waals surface area contributed by atoms with Gasteiger partial charge in [0.15, 0.2) is 0 Å². The van der Waals surface area contributed by atoms with Crippen molar-refractivity contribution in [2.45, 2.75) is 9.79 Å². The highest BCUT2D eigenvalue weighted by Gasteiger charge is 2.35. The molecule has 2 heterocycles. The molecule has 5 aromatic carbocycles. The highest BCUT2D eigenvalue weighted by atomic mass is 32.2. The number of hydrogen-bond donors (Lipinski definition) is 3. The van der Waals surface area contributed by atoms with Crippen molar-refractivity contribution in [1.82, 2.24) is 4.98 Å². The van der Waals surface area contributed by atoms with Gasteiger partial charge in [-0.1, -0.05) is 103 Å². The Labute approximate surface area is 248 Å². The van der Waals surface area contributed by atoms with E-state index in [4.69, 9.17) is 4.74 Å². The second kappa shape index (κ2) is 11.2. The van der Waals surface area contributed by atoms with Gasteiger partial charge in [-0.25, -0.2) is 0 Å². The summed E-state index contributed by atoms with van der Waals surface area (Å²) in [6.45, 7) is 0.705. The molecule has 0 amide bonds. The molecule has 1 aliphatic heterocycles. The monoisotopic (exact) mass is 611 g/mol. The summed E-state index contributed by atoms with van der Waals surface area (Å²) < 4.78 is 76.3. The van der Waals surface area contributed by atoms with E-state index >= 15 is 0 Å². The first-order chi connectivity index (χ1) is 20.6. The Bertz CT molecular complexity index is 2220. The van der Waals surface area contributed by atoms with Crippen LogP contribution in [0.3, 0.4) is 0 Å². The van der Waals surface area contributed by atoms with Crippen molar-refractivity contribution < 1.29 is 30.7 Å². The van der Waals surface area contributed by atoms with Gasteiger partial charge in [-0.15, -0.1) is 0 Å². The largest absolute Gasteiger partial charge is 0.489 e. The van der Waals surface area contributed by atoms with Crippen LogP contribution in [0.15, 0.2) is 125 Å². The van der Waals surface area contributed by atoms with Crippen LogP contribution in [-0.4, -0.2) is 37.5 Å². The molecule has 6 aromatic rings. The number of aromatic amines is 1. The Morgan fingerprint density at radius 1 is 0.628 bits per heavy atom. The van der Waals surface area contributed by atoms with Gasteiger partial charge in [0, 0.05) is 33.0 Å². The summed E-state index contributed by atoms with van der Waals surface area (Å²) in [5.74, 6) is 0.991. The molecule has 1 aliphatic rings. The molecule has 0 bridgehead atoms. The van der Waals surface area contributed by atoms with Gasteiger partial charge in [0.2, 0.25) is 0 Å². The molecule has 3 N–H and O–H groups in total.